The van der Waals surface area contributed by atoms with E-state index in [-0.39, 0.29) is 41.9 Å². The van der Waals surface area contributed by atoms with E-state index < -0.39 is 5.91 Å². The first-order chi connectivity index (χ1) is 13.0. The number of rotatable bonds is 4. The van der Waals surface area contributed by atoms with Crippen LogP contribution in [0.2, 0.25) is 0 Å². The molecule has 1 saturated heterocycles. The van der Waals surface area contributed by atoms with E-state index in [9.17, 15) is 14.4 Å². The standard InChI is InChI=1S/C20H21N3O4/c1-12-9-17(22-27-12)21-18(24)11-23-19(25)15-8-7-14(10-16(15)20(23)26)13-5-3-2-4-6-13/h2-6,9,14-16H,7-8,10-11H2,1H3,(H,21,22,24)/t14-,15+,16+/m0/s1. The number of carbonyl (C=O) groups is 3. The average Bonchev–Trinajstić information content (AvgIpc) is 3.18. The van der Waals surface area contributed by atoms with Crippen LogP contribution < -0.4 is 5.32 Å². The van der Waals surface area contributed by atoms with E-state index in [4.69, 9.17) is 4.52 Å². The van der Waals surface area contributed by atoms with Gasteiger partial charge in [0.25, 0.3) is 0 Å². The molecule has 7 heteroatoms. The molecule has 3 atom stereocenters. The minimum Gasteiger partial charge on any atom is -0.360 e. The van der Waals surface area contributed by atoms with Gasteiger partial charge in [-0.1, -0.05) is 35.5 Å². The molecule has 1 aromatic heterocycles. The molecule has 1 aliphatic carbocycles. The van der Waals surface area contributed by atoms with Gasteiger partial charge < -0.3 is 9.84 Å². The van der Waals surface area contributed by atoms with Crippen LogP contribution in [0.4, 0.5) is 5.82 Å². The Kier molecular flexibility index (Phi) is 4.51. The van der Waals surface area contributed by atoms with E-state index in [2.05, 4.69) is 22.6 Å². The molecule has 0 unspecified atom stereocenters. The summed E-state index contributed by atoms with van der Waals surface area (Å²) < 4.78 is 4.90. The van der Waals surface area contributed by atoms with Gasteiger partial charge in [-0.05, 0) is 37.7 Å². The van der Waals surface area contributed by atoms with Crippen LogP contribution in [0.15, 0.2) is 40.9 Å². The van der Waals surface area contributed by atoms with Gasteiger partial charge in [-0.15, -0.1) is 0 Å². The van der Waals surface area contributed by atoms with Gasteiger partial charge in [0.2, 0.25) is 17.7 Å². The molecule has 7 nitrogen and oxygen atoms in total. The van der Waals surface area contributed by atoms with Crippen molar-refractivity contribution in [3.8, 4) is 0 Å². The number of aromatic nitrogens is 1. The SMILES string of the molecule is Cc1cc(NC(=O)CN2C(=O)[C@@H]3CC[C@H](c4ccccc4)C[C@H]3C2=O)no1. The Hall–Kier alpha value is -2.96. The summed E-state index contributed by atoms with van der Waals surface area (Å²) in [5.41, 5.74) is 1.20. The van der Waals surface area contributed by atoms with E-state index in [1.165, 1.54) is 5.56 Å². The lowest BCUT2D eigenvalue weighted by molar-refractivity contribution is -0.142. The predicted molar refractivity (Wildman–Crippen MR) is 96.6 cm³/mol. The fraction of sp³-hybridized carbons (Fsp3) is 0.400. The maximum absolute atomic E-state index is 12.8. The molecule has 1 N–H and O–H groups in total. The van der Waals surface area contributed by atoms with Crippen molar-refractivity contribution in [2.24, 2.45) is 11.8 Å². The summed E-state index contributed by atoms with van der Waals surface area (Å²) in [5, 5.41) is 6.25. The van der Waals surface area contributed by atoms with Crippen molar-refractivity contribution < 1.29 is 18.9 Å². The van der Waals surface area contributed by atoms with Gasteiger partial charge in [0.15, 0.2) is 5.82 Å². The lowest BCUT2D eigenvalue weighted by Crippen LogP contribution is -2.38. The van der Waals surface area contributed by atoms with Gasteiger partial charge in [-0.25, -0.2) is 0 Å². The number of aryl methyl sites for hydroxylation is 1. The van der Waals surface area contributed by atoms with Crippen molar-refractivity contribution in [1.82, 2.24) is 10.1 Å². The zero-order valence-electron chi connectivity index (χ0n) is 15.1. The zero-order chi connectivity index (χ0) is 19.0. The molecule has 2 fully saturated rings. The first-order valence-corrected chi connectivity index (χ1v) is 9.16. The molecule has 1 saturated carbocycles. The summed E-state index contributed by atoms with van der Waals surface area (Å²) in [5.74, 6) is -0.452. The summed E-state index contributed by atoms with van der Waals surface area (Å²) in [6, 6.07) is 11.7. The summed E-state index contributed by atoms with van der Waals surface area (Å²) in [7, 11) is 0. The fourth-order valence-corrected chi connectivity index (χ4v) is 4.18. The predicted octanol–water partition coefficient (Wildman–Crippen LogP) is 2.49. The van der Waals surface area contributed by atoms with E-state index in [0.717, 1.165) is 11.3 Å². The lowest BCUT2D eigenvalue weighted by Gasteiger charge is -2.28. The molecule has 2 aromatic rings. The van der Waals surface area contributed by atoms with Crippen molar-refractivity contribution in [2.45, 2.75) is 32.1 Å². The first-order valence-electron chi connectivity index (χ1n) is 9.16. The van der Waals surface area contributed by atoms with Crippen molar-refractivity contribution in [3.05, 3.63) is 47.7 Å². The van der Waals surface area contributed by atoms with Gasteiger partial charge in [-0.3, -0.25) is 19.3 Å². The summed E-state index contributed by atoms with van der Waals surface area (Å²) in [6.07, 6.45) is 2.21. The molecule has 0 spiro atoms. The number of fused-ring (bicyclic) bond motifs is 1. The van der Waals surface area contributed by atoms with Gasteiger partial charge in [0.05, 0.1) is 11.8 Å². The van der Waals surface area contributed by atoms with Crippen molar-refractivity contribution in [1.29, 1.82) is 0 Å². The number of benzene rings is 1. The minimum absolute atomic E-state index is 0.233. The smallest absolute Gasteiger partial charge is 0.245 e. The Bertz CT molecular complexity index is 876. The Morgan fingerprint density at radius 2 is 1.93 bits per heavy atom. The van der Waals surface area contributed by atoms with Crippen molar-refractivity contribution in [2.75, 3.05) is 11.9 Å². The number of amides is 3. The van der Waals surface area contributed by atoms with Crippen LogP contribution in [0, 0.1) is 18.8 Å². The lowest BCUT2D eigenvalue weighted by atomic mass is 9.73. The number of carbonyl (C=O) groups excluding carboxylic acids is 3. The van der Waals surface area contributed by atoms with E-state index >= 15 is 0 Å². The number of anilines is 1. The van der Waals surface area contributed by atoms with Gasteiger partial charge >= 0.3 is 0 Å². The maximum atomic E-state index is 12.8. The van der Waals surface area contributed by atoms with Crippen molar-refractivity contribution in [3.63, 3.8) is 0 Å². The molecule has 1 aromatic carbocycles. The monoisotopic (exact) mass is 367 g/mol. The quantitative estimate of drug-likeness (QED) is 0.838. The number of nitrogens with one attached hydrogen (secondary N) is 1. The average molecular weight is 367 g/mol. The number of imide groups is 1. The molecule has 2 aliphatic rings. The second kappa shape index (κ2) is 6.98. The normalized spacial score (nSPS) is 24.8. The summed E-state index contributed by atoms with van der Waals surface area (Å²) in [6.45, 7) is 1.43. The fourth-order valence-electron chi connectivity index (χ4n) is 4.18. The molecular formula is C20H21N3O4. The third-order valence-corrected chi connectivity index (χ3v) is 5.48. The molecule has 3 amide bonds. The second-order valence-corrected chi connectivity index (χ2v) is 7.27. The van der Waals surface area contributed by atoms with Gasteiger partial charge in [-0.2, -0.15) is 0 Å². The molecule has 27 heavy (non-hydrogen) atoms. The van der Waals surface area contributed by atoms with Gasteiger partial charge in [0.1, 0.15) is 12.3 Å². The summed E-state index contributed by atoms with van der Waals surface area (Å²) >= 11 is 0. The van der Waals surface area contributed by atoms with E-state index in [1.54, 1.807) is 13.0 Å². The Labute approximate surface area is 156 Å². The molecule has 0 radical (unpaired) electrons. The Morgan fingerprint density at radius 3 is 2.63 bits per heavy atom. The highest BCUT2D eigenvalue weighted by Gasteiger charge is 2.50. The molecule has 1 aliphatic heterocycles. The van der Waals surface area contributed by atoms with E-state index in [1.807, 2.05) is 18.2 Å². The highest BCUT2D eigenvalue weighted by molar-refractivity contribution is 6.08. The highest BCUT2D eigenvalue weighted by atomic mass is 16.5. The largest absolute Gasteiger partial charge is 0.360 e. The number of likely N-dealkylation sites (tertiary alicyclic amines) is 1. The molecule has 140 valence electrons. The van der Waals surface area contributed by atoms with Crippen LogP contribution in [-0.4, -0.2) is 34.3 Å². The second-order valence-electron chi connectivity index (χ2n) is 7.27. The third-order valence-electron chi connectivity index (χ3n) is 5.48. The molecule has 0 bridgehead atoms. The zero-order valence-corrected chi connectivity index (χ0v) is 15.1. The molecule has 2 heterocycles. The number of hydrogen-bond donors (Lipinski definition) is 1. The van der Waals surface area contributed by atoms with Crippen LogP contribution in [0.25, 0.3) is 0 Å². The first kappa shape index (κ1) is 17.5. The van der Waals surface area contributed by atoms with Gasteiger partial charge in [0, 0.05) is 6.07 Å². The van der Waals surface area contributed by atoms with Crippen LogP contribution >= 0.6 is 0 Å². The highest BCUT2D eigenvalue weighted by Crippen LogP contribution is 2.44. The minimum atomic E-state index is -0.455. The molecule has 4 rings (SSSR count). The van der Waals surface area contributed by atoms with Crippen LogP contribution in [0.1, 0.15) is 36.5 Å². The summed E-state index contributed by atoms with van der Waals surface area (Å²) in [4.78, 5) is 38.8. The number of hydrogen-bond acceptors (Lipinski definition) is 5. The van der Waals surface area contributed by atoms with Crippen molar-refractivity contribution >= 4 is 23.5 Å². The third kappa shape index (κ3) is 3.37. The Balaban J connectivity index is 1.43. The van der Waals surface area contributed by atoms with Crippen LogP contribution in [0.3, 0.4) is 0 Å². The van der Waals surface area contributed by atoms with Crippen LogP contribution in [0.5, 0.6) is 0 Å². The maximum Gasteiger partial charge on any atom is 0.245 e. The Morgan fingerprint density at radius 1 is 1.19 bits per heavy atom. The number of nitrogens with zero attached hydrogens (tertiary/aromatic N) is 2. The van der Waals surface area contributed by atoms with Crippen LogP contribution in [-0.2, 0) is 14.4 Å². The topological polar surface area (TPSA) is 92.5 Å². The van der Waals surface area contributed by atoms with E-state index in [0.29, 0.717) is 18.6 Å². The molecular weight excluding hydrogens is 346 g/mol.